The number of carbonyl (C=O) groups excluding carboxylic acids is 2. The summed E-state index contributed by atoms with van der Waals surface area (Å²) in [4.78, 5) is 36.4. The van der Waals surface area contributed by atoms with Crippen LogP contribution in [0.25, 0.3) is 11.1 Å². The number of fused-ring (bicyclic) bond motifs is 4. The zero-order valence-corrected chi connectivity index (χ0v) is 19.5. The smallest absolute Gasteiger partial charge is 0.407 e. The lowest BCUT2D eigenvalue weighted by molar-refractivity contribution is -0.139. The van der Waals surface area contributed by atoms with Gasteiger partial charge < -0.3 is 20.5 Å². The molecule has 4 aliphatic rings. The molecule has 4 aliphatic carbocycles. The van der Waals surface area contributed by atoms with Gasteiger partial charge in [0.2, 0.25) is 5.91 Å². The van der Waals surface area contributed by atoms with Crippen molar-refractivity contribution in [3.8, 4) is 11.1 Å². The van der Waals surface area contributed by atoms with E-state index < -0.39 is 12.1 Å². The molecule has 3 fully saturated rings. The second kappa shape index (κ2) is 8.40. The molecule has 6 rings (SSSR count). The van der Waals surface area contributed by atoms with Crippen molar-refractivity contribution >= 4 is 18.0 Å². The molecule has 2 aromatic rings. The zero-order valence-electron chi connectivity index (χ0n) is 19.5. The van der Waals surface area contributed by atoms with Crippen molar-refractivity contribution in [3.05, 3.63) is 59.7 Å². The van der Waals surface area contributed by atoms with Crippen LogP contribution < -0.4 is 10.6 Å². The maximum Gasteiger partial charge on any atom is 0.407 e. The lowest BCUT2D eigenvalue weighted by Gasteiger charge is -2.36. The third-order valence-electron chi connectivity index (χ3n) is 8.56. The summed E-state index contributed by atoms with van der Waals surface area (Å²) < 4.78 is 5.68. The molecule has 3 saturated carbocycles. The quantitative estimate of drug-likeness (QED) is 0.561. The summed E-state index contributed by atoms with van der Waals surface area (Å²) in [6.45, 7) is 0.279. The number of carboxylic acid groups (broad SMARTS) is 1. The van der Waals surface area contributed by atoms with Crippen molar-refractivity contribution < 1.29 is 24.2 Å². The van der Waals surface area contributed by atoms with E-state index in [0.717, 1.165) is 25.7 Å². The summed E-state index contributed by atoms with van der Waals surface area (Å²) in [6.07, 6.45) is 3.52. The van der Waals surface area contributed by atoms with Gasteiger partial charge in [0.1, 0.15) is 6.61 Å². The van der Waals surface area contributed by atoms with Crippen molar-refractivity contribution in [2.24, 2.45) is 17.3 Å². The van der Waals surface area contributed by atoms with E-state index in [9.17, 15) is 14.4 Å². The highest BCUT2D eigenvalue weighted by Gasteiger charge is 2.65. The van der Waals surface area contributed by atoms with Crippen molar-refractivity contribution in [2.75, 3.05) is 6.61 Å². The Morgan fingerprint density at radius 1 is 0.886 bits per heavy atom. The summed E-state index contributed by atoms with van der Waals surface area (Å²) >= 11 is 0. The molecule has 0 aliphatic heterocycles. The van der Waals surface area contributed by atoms with Gasteiger partial charge in [0.15, 0.2) is 0 Å². The molecule has 35 heavy (non-hydrogen) atoms. The van der Waals surface area contributed by atoms with Crippen LogP contribution in [0.2, 0.25) is 0 Å². The van der Waals surface area contributed by atoms with E-state index in [1.807, 2.05) is 24.3 Å². The van der Waals surface area contributed by atoms with Crippen molar-refractivity contribution in [1.82, 2.24) is 10.6 Å². The van der Waals surface area contributed by atoms with Gasteiger partial charge in [0.25, 0.3) is 0 Å². The number of hydrogen-bond acceptors (Lipinski definition) is 4. The first-order valence-corrected chi connectivity index (χ1v) is 12.6. The highest BCUT2D eigenvalue weighted by molar-refractivity contribution is 5.87. The number of ether oxygens (including phenoxy) is 1. The first-order valence-electron chi connectivity index (χ1n) is 12.6. The first kappa shape index (κ1) is 22.1. The van der Waals surface area contributed by atoms with E-state index in [1.165, 1.54) is 22.3 Å². The van der Waals surface area contributed by atoms with Crippen LogP contribution in [0.1, 0.15) is 55.6 Å². The lowest BCUT2D eigenvalue weighted by atomic mass is 9.78. The topological polar surface area (TPSA) is 105 Å². The molecule has 0 saturated heterocycles. The van der Waals surface area contributed by atoms with Gasteiger partial charge >= 0.3 is 12.1 Å². The van der Waals surface area contributed by atoms with Gasteiger partial charge in [-0.15, -0.1) is 0 Å². The molecule has 0 heterocycles. The Kier molecular flexibility index (Phi) is 5.31. The third-order valence-corrected chi connectivity index (χ3v) is 8.56. The van der Waals surface area contributed by atoms with E-state index in [0.29, 0.717) is 12.3 Å². The van der Waals surface area contributed by atoms with Crippen LogP contribution in [0.4, 0.5) is 4.79 Å². The fourth-order valence-electron chi connectivity index (χ4n) is 6.69. The van der Waals surface area contributed by atoms with Gasteiger partial charge in [-0.2, -0.15) is 0 Å². The molecule has 182 valence electrons. The minimum atomic E-state index is -0.779. The molecule has 2 amide bonds. The van der Waals surface area contributed by atoms with Gasteiger partial charge in [0, 0.05) is 24.4 Å². The van der Waals surface area contributed by atoms with Gasteiger partial charge in [-0.25, -0.2) is 4.79 Å². The van der Waals surface area contributed by atoms with E-state index in [4.69, 9.17) is 9.84 Å². The summed E-state index contributed by atoms with van der Waals surface area (Å²) in [6, 6.07) is 16.5. The maximum absolute atomic E-state index is 12.9. The standard InChI is InChI=1S/C28H30N2O5/c31-25(32)11-16-9-18(10-16)29-26(33)28-13-17(28)12-19(14-28)30-27(34)35-15-24-22-7-3-1-5-20(22)21-6-2-4-8-23(21)24/h1-8,16-19,24H,9-15H2,(H,29,33)(H,30,34)(H,31,32)/t16?,17-,18?,19+,28+/m1/s1. The average Bonchev–Trinajstić information content (AvgIpc) is 3.24. The second-order valence-corrected chi connectivity index (χ2v) is 10.8. The van der Waals surface area contributed by atoms with Crippen LogP contribution in [0.5, 0.6) is 0 Å². The molecule has 7 heteroatoms. The van der Waals surface area contributed by atoms with Gasteiger partial charge in [-0.1, -0.05) is 48.5 Å². The van der Waals surface area contributed by atoms with Crippen LogP contribution in [0, 0.1) is 17.3 Å². The van der Waals surface area contributed by atoms with Crippen molar-refractivity contribution in [3.63, 3.8) is 0 Å². The predicted octanol–water partition coefficient (Wildman–Crippen LogP) is 4.06. The predicted molar refractivity (Wildman–Crippen MR) is 129 cm³/mol. The van der Waals surface area contributed by atoms with Crippen molar-refractivity contribution in [2.45, 2.75) is 56.5 Å². The molecule has 0 spiro atoms. The minimum absolute atomic E-state index is 0.0229. The number of aliphatic carboxylic acids is 1. The number of carboxylic acids is 1. The molecular formula is C28H30N2O5. The Morgan fingerprint density at radius 2 is 1.54 bits per heavy atom. The van der Waals surface area contributed by atoms with Crippen molar-refractivity contribution in [1.29, 1.82) is 0 Å². The number of hydrogen-bond donors (Lipinski definition) is 3. The van der Waals surface area contributed by atoms with Crippen LogP contribution in [-0.4, -0.2) is 41.8 Å². The molecule has 3 atom stereocenters. The average molecular weight is 475 g/mol. The van der Waals surface area contributed by atoms with Crippen LogP contribution in [0.3, 0.4) is 0 Å². The molecule has 0 bridgehead atoms. The first-order chi connectivity index (χ1) is 16.9. The zero-order chi connectivity index (χ0) is 24.2. The minimum Gasteiger partial charge on any atom is -0.481 e. The molecule has 0 aromatic heterocycles. The Balaban J connectivity index is 1.00. The number of nitrogens with one attached hydrogen (secondary N) is 2. The van der Waals surface area contributed by atoms with Gasteiger partial charge in [-0.05, 0) is 66.2 Å². The van der Waals surface area contributed by atoms with Gasteiger partial charge in [0.05, 0.1) is 5.41 Å². The number of amides is 2. The summed E-state index contributed by atoms with van der Waals surface area (Å²) in [5.41, 5.74) is 4.38. The Labute approximate surface area is 204 Å². The fraction of sp³-hybridized carbons (Fsp3) is 0.464. The Morgan fingerprint density at radius 3 is 2.20 bits per heavy atom. The lowest BCUT2D eigenvalue weighted by Crippen LogP contribution is -2.48. The summed E-state index contributed by atoms with van der Waals surface area (Å²) in [7, 11) is 0. The van der Waals surface area contributed by atoms with E-state index >= 15 is 0 Å². The van der Waals surface area contributed by atoms with Crippen LogP contribution >= 0.6 is 0 Å². The van der Waals surface area contributed by atoms with Gasteiger partial charge in [-0.3, -0.25) is 9.59 Å². The number of benzene rings is 2. The van der Waals surface area contributed by atoms with E-state index in [-0.39, 0.29) is 48.3 Å². The maximum atomic E-state index is 12.9. The summed E-state index contributed by atoms with van der Waals surface area (Å²) in [5.74, 6) is -0.223. The molecule has 2 aromatic carbocycles. The normalized spacial score (nSPS) is 29.8. The monoisotopic (exact) mass is 474 g/mol. The van der Waals surface area contributed by atoms with E-state index in [2.05, 4.69) is 34.9 Å². The molecular weight excluding hydrogens is 444 g/mol. The number of carbonyl (C=O) groups is 3. The van der Waals surface area contributed by atoms with E-state index in [1.54, 1.807) is 0 Å². The van der Waals surface area contributed by atoms with Crippen LogP contribution in [0.15, 0.2) is 48.5 Å². The largest absolute Gasteiger partial charge is 0.481 e. The molecule has 0 radical (unpaired) electrons. The second-order valence-electron chi connectivity index (χ2n) is 10.8. The SMILES string of the molecule is O=C(O)CC1CC(NC(=O)[C@@]23C[C@@H](NC(=O)OCC4c5ccccc5-c5ccccc54)C[C@@H]2C3)C1. The third kappa shape index (κ3) is 3.97. The molecule has 7 nitrogen and oxygen atoms in total. The highest BCUT2D eigenvalue weighted by atomic mass is 16.5. The highest BCUT2D eigenvalue weighted by Crippen LogP contribution is 2.63. The number of alkyl carbamates (subject to hydrolysis) is 1. The molecule has 3 N–H and O–H groups in total. The molecule has 0 unspecified atom stereocenters. The summed E-state index contributed by atoms with van der Waals surface area (Å²) in [5, 5.41) is 15.0. The Hall–Kier alpha value is -3.35. The van der Waals surface area contributed by atoms with Crippen LogP contribution in [-0.2, 0) is 14.3 Å². The Bertz CT molecular complexity index is 1140. The number of rotatable bonds is 7. The fourth-order valence-corrected chi connectivity index (χ4v) is 6.69.